The molecule has 0 saturated heterocycles. The van der Waals surface area contributed by atoms with E-state index in [1.165, 1.54) is 0 Å². The van der Waals surface area contributed by atoms with Crippen LogP contribution in [0.4, 0.5) is 0 Å². The van der Waals surface area contributed by atoms with Crippen LogP contribution in [0.3, 0.4) is 0 Å². The molecule has 1 amide bonds. The Hall–Kier alpha value is -1.55. The van der Waals surface area contributed by atoms with Crippen LogP contribution in [-0.2, 0) is 4.79 Å². The maximum absolute atomic E-state index is 11.4. The summed E-state index contributed by atoms with van der Waals surface area (Å²) in [7, 11) is 0. The predicted octanol–water partition coefficient (Wildman–Crippen LogP) is 1.18. The number of rotatable bonds is 5. The van der Waals surface area contributed by atoms with Gasteiger partial charge in [0.15, 0.2) is 6.61 Å². The Morgan fingerprint density at radius 3 is 2.76 bits per heavy atom. The molecule has 1 aromatic rings. The van der Waals surface area contributed by atoms with Crippen molar-refractivity contribution in [2.45, 2.75) is 26.8 Å². The first-order chi connectivity index (χ1) is 8.02. The van der Waals surface area contributed by atoms with Crippen molar-refractivity contribution >= 4 is 5.91 Å². The SMILES string of the molecule is Cc1ccc(OCC(=O)NC(C)CO)c(C)c1. The minimum atomic E-state index is -0.245. The average Bonchev–Trinajstić information content (AvgIpc) is 2.27. The molecule has 0 aliphatic carbocycles. The standard InChI is InChI=1S/C13H19NO3/c1-9-4-5-12(10(2)6-9)17-8-13(16)14-11(3)7-15/h4-6,11,15H,7-8H2,1-3H3,(H,14,16). The van der Waals surface area contributed by atoms with E-state index < -0.39 is 0 Å². The number of ether oxygens (including phenoxy) is 1. The molecule has 0 spiro atoms. The van der Waals surface area contributed by atoms with Crippen LogP contribution in [0.2, 0.25) is 0 Å². The normalized spacial score (nSPS) is 12.0. The number of amides is 1. The van der Waals surface area contributed by atoms with E-state index in [4.69, 9.17) is 9.84 Å². The van der Waals surface area contributed by atoms with Crippen molar-refractivity contribution in [1.29, 1.82) is 0 Å². The van der Waals surface area contributed by atoms with Gasteiger partial charge in [0.1, 0.15) is 5.75 Å². The molecule has 1 rings (SSSR count). The lowest BCUT2D eigenvalue weighted by Crippen LogP contribution is -2.38. The summed E-state index contributed by atoms with van der Waals surface area (Å²) in [5, 5.41) is 11.4. The molecule has 1 aromatic carbocycles. The third-order valence-corrected chi connectivity index (χ3v) is 2.37. The highest BCUT2D eigenvalue weighted by molar-refractivity contribution is 5.77. The third kappa shape index (κ3) is 4.44. The van der Waals surface area contributed by atoms with Gasteiger partial charge in [0, 0.05) is 6.04 Å². The van der Waals surface area contributed by atoms with E-state index in [0.29, 0.717) is 5.75 Å². The van der Waals surface area contributed by atoms with Gasteiger partial charge in [-0.2, -0.15) is 0 Å². The Kier molecular flexibility index (Phi) is 4.97. The molecule has 4 heteroatoms. The first-order valence-electron chi connectivity index (χ1n) is 5.63. The van der Waals surface area contributed by atoms with Crippen molar-refractivity contribution in [2.24, 2.45) is 0 Å². The highest BCUT2D eigenvalue weighted by Crippen LogP contribution is 2.18. The lowest BCUT2D eigenvalue weighted by atomic mass is 10.1. The topological polar surface area (TPSA) is 58.6 Å². The van der Waals surface area contributed by atoms with Gasteiger partial charge >= 0.3 is 0 Å². The van der Waals surface area contributed by atoms with Crippen molar-refractivity contribution in [2.75, 3.05) is 13.2 Å². The van der Waals surface area contributed by atoms with Crippen LogP contribution in [-0.4, -0.2) is 30.3 Å². The molecule has 1 unspecified atom stereocenters. The summed E-state index contributed by atoms with van der Waals surface area (Å²) in [5.74, 6) is 0.480. The number of hydrogen-bond donors (Lipinski definition) is 2. The number of nitrogens with one attached hydrogen (secondary N) is 1. The lowest BCUT2D eigenvalue weighted by Gasteiger charge is -2.12. The Morgan fingerprint density at radius 2 is 2.18 bits per heavy atom. The number of hydrogen-bond acceptors (Lipinski definition) is 3. The molecule has 4 nitrogen and oxygen atoms in total. The number of benzene rings is 1. The predicted molar refractivity (Wildman–Crippen MR) is 66.1 cm³/mol. The highest BCUT2D eigenvalue weighted by Gasteiger charge is 2.07. The van der Waals surface area contributed by atoms with Crippen molar-refractivity contribution in [3.63, 3.8) is 0 Å². The summed E-state index contributed by atoms with van der Waals surface area (Å²) in [6, 6.07) is 5.55. The van der Waals surface area contributed by atoms with Gasteiger partial charge in [0.25, 0.3) is 5.91 Å². The molecule has 0 fully saturated rings. The van der Waals surface area contributed by atoms with Crippen LogP contribution >= 0.6 is 0 Å². The van der Waals surface area contributed by atoms with Gasteiger partial charge in [-0.15, -0.1) is 0 Å². The lowest BCUT2D eigenvalue weighted by molar-refractivity contribution is -0.124. The minimum Gasteiger partial charge on any atom is -0.484 e. The summed E-state index contributed by atoms with van der Waals surface area (Å²) in [6.45, 7) is 5.57. The van der Waals surface area contributed by atoms with Crippen molar-refractivity contribution in [3.8, 4) is 5.75 Å². The molecule has 94 valence electrons. The smallest absolute Gasteiger partial charge is 0.258 e. The van der Waals surface area contributed by atoms with Gasteiger partial charge in [-0.3, -0.25) is 4.79 Å². The second-order valence-electron chi connectivity index (χ2n) is 4.21. The molecule has 0 aromatic heterocycles. The van der Waals surface area contributed by atoms with Crippen LogP contribution in [0.15, 0.2) is 18.2 Å². The van der Waals surface area contributed by atoms with Crippen LogP contribution < -0.4 is 10.1 Å². The average molecular weight is 237 g/mol. The molecule has 1 atom stereocenters. The van der Waals surface area contributed by atoms with E-state index in [9.17, 15) is 4.79 Å². The Morgan fingerprint density at radius 1 is 1.47 bits per heavy atom. The number of carbonyl (C=O) groups is 1. The monoisotopic (exact) mass is 237 g/mol. The number of aliphatic hydroxyl groups excluding tert-OH is 1. The number of aryl methyl sites for hydroxylation is 2. The van der Waals surface area contributed by atoms with Crippen LogP contribution in [0.5, 0.6) is 5.75 Å². The Bertz CT molecular complexity index is 390. The van der Waals surface area contributed by atoms with Crippen molar-refractivity contribution in [3.05, 3.63) is 29.3 Å². The quantitative estimate of drug-likeness (QED) is 0.808. The van der Waals surface area contributed by atoms with Crippen LogP contribution in [0.1, 0.15) is 18.1 Å². The fraction of sp³-hybridized carbons (Fsp3) is 0.462. The van der Waals surface area contributed by atoms with Crippen LogP contribution in [0, 0.1) is 13.8 Å². The second kappa shape index (κ2) is 6.25. The second-order valence-corrected chi connectivity index (χ2v) is 4.21. The minimum absolute atomic E-state index is 0.0335. The highest BCUT2D eigenvalue weighted by atomic mass is 16.5. The zero-order valence-electron chi connectivity index (χ0n) is 10.5. The largest absolute Gasteiger partial charge is 0.484 e. The van der Waals surface area contributed by atoms with Gasteiger partial charge in [0.05, 0.1) is 6.61 Å². The van der Waals surface area contributed by atoms with E-state index in [2.05, 4.69) is 5.32 Å². The number of carbonyl (C=O) groups excluding carboxylic acids is 1. The van der Waals surface area contributed by atoms with Gasteiger partial charge < -0.3 is 15.2 Å². The molecule has 2 N–H and O–H groups in total. The molecular weight excluding hydrogens is 218 g/mol. The van der Waals surface area contributed by atoms with E-state index in [-0.39, 0.29) is 25.2 Å². The van der Waals surface area contributed by atoms with Crippen molar-refractivity contribution in [1.82, 2.24) is 5.32 Å². The summed E-state index contributed by atoms with van der Waals surface area (Å²) >= 11 is 0. The molecule has 0 bridgehead atoms. The van der Waals surface area contributed by atoms with E-state index in [1.54, 1.807) is 6.92 Å². The molecular formula is C13H19NO3. The van der Waals surface area contributed by atoms with Gasteiger partial charge in [-0.1, -0.05) is 17.7 Å². The Balaban J connectivity index is 2.47. The molecule has 0 radical (unpaired) electrons. The van der Waals surface area contributed by atoms with Gasteiger partial charge in [-0.25, -0.2) is 0 Å². The molecule has 0 aliphatic rings. The van der Waals surface area contributed by atoms with Gasteiger partial charge in [0.2, 0.25) is 0 Å². The van der Waals surface area contributed by atoms with E-state index in [1.807, 2.05) is 32.0 Å². The molecule has 0 saturated carbocycles. The molecule has 0 heterocycles. The first-order valence-corrected chi connectivity index (χ1v) is 5.63. The van der Waals surface area contributed by atoms with E-state index >= 15 is 0 Å². The Labute approximate surface area is 102 Å². The zero-order valence-corrected chi connectivity index (χ0v) is 10.5. The summed E-state index contributed by atoms with van der Waals surface area (Å²) in [6.07, 6.45) is 0. The molecule has 0 aliphatic heterocycles. The summed E-state index contributed by atoms with van der Waals surface area (Å²) in [5.41, 5.74) is 2.17. The fourth-order valence-electron chi connectivity index (χ4n) is 1.47. The van der Waals surface area contributed by atoms with Gasteiger partial charge in [-0.05, 0) is 32.4 Å². The maximum atomic E-state index is 11.4. The maximum Gasteiger partial charge on any atom is 0.258 e. The van der Waals surface area contributed by atoms with Crippen molar-refractivity contribution < 1.29 is 14.6 Å². The zero-order chi connectivity index (χ0) is 12.8. The third-order valence-electron chi connectivity index (χ3n) is 2.37. The van der Waals surface area contributed by atoms with Crippen LogP contribution in [0.25, 0.3) is 0 Å². The van der Waals surface area contributed by atoms with E-state index in [0.717, 1.165) is 11.1 Å². The summed E-state index contributed by atoms with van der Waals surface area (Å²) in [4.78, 5) is 11.4. The summed E-state index contributed by atoms with van der Waals surface area (Å²) < 4.78 is 5.41. The number of aliphatic hydroxyl groups is 1. The molecule has 17 heavy (non-hydrogen) atoms. The fourth-order valence-corrected chi connectivity index (χ4v) is 1.47. The first kappa shape index (κ1) is 13.5.